The molecule has 126 valence electrons. The zero-order valence-corrected chi connectivity index (χ0v) is 14.5. The van der Waals surface area contributed by atoms with Crippen LogP contribution in [0.4, 0.5) is 0 Å². The zero-order valence-electron chi connectivity index (χ0n) is 12.8. The second-order valence-electron chi connectivity index (χ2n) is 5.09. The quantitative estimate of drug-likeness (QED) is 0.511. The van der Waals surface area contributed by atoms with Gasteiger partial charge in [0.1, 0.15) is 10.9 Å². The topological polar surface area (TPSA) is 71.1 Å². The van der Waals surface area contributed by atoms with Gasteiger partial charge in [0.25, 0.3) is 0 Å². The van der Waals surface area contributed by atoms with E-state index in [0.29, 0.717) is 39.3 Å². The summed E-state index contributed by atoms with van der Waals surface area (Å²) in [6, 6.07) is 0. The van der Waals surface area contributed by atoms with Gasteiger partial charge in [-0.05, 0) is 26.7 Å². The first-order valence-electron chi connectivity index (χ1n) is 7.52. The number of hydrogen-bond donors (Lipinski definition) is 0. The zero-order chi connectivity index (χ0) is 15.9. The van der Waals surface area contributed by atoms with Crippen molar-refractivity contribution in [1.29, 1.82) is 0 Å². The van der Waals surface area contributed by atoms with Crippen LogP contribution in [0.25, 0.3) is 0 Å². The predicted octanol–water partition coefficient (Wildman–Crippen LogP) is 2.22. The van der Waals surface area contributed by atoms with Gasteiger partial charge in [-0.3, -0.25) is 9.59 Å². The standard InChI is InChI=1S/C14H22O6S2/c1-3-17-13(15)9-5-11(19-7-9)21-22-12-6-10(8-20-12)14(16)18-4-2/h9-12H,3-8H2,1-2H3. The van der Waals surface area contributed by atoms with Crippen molar-refractivity contribution in [1.82, 2.24) is 0 Å². The van der Waals surface area contributed by atoms with E-state index in [0.717, 1.165) is 0 Å². The van der Waals surface area contributed by atoms with Gasteiger partial charge in [-0.2, -0.15) is 0 Å². The molecule has 0 aromatic rings. The van der Waals surface area contributed by atoms with E-state index in [1.807, 2.05) is 0 Å². The highest BCUT2D eigenvalue weighted by molar-refractivity contribution is 8.77. The molecule has 0 aromatic carbocycles. The number of carbonyl (C=O) groups excluding carboxylic acids is 2. The lowest BCUT2D eigenvalue weighted by atomic mass is 10.1. The lowest BCUT2D eigenvalue weighted by Crippen LogP contribution is -2.17. The summed E-state index contributed by atoms with van der Waals surface area (Å²) in [4.78, 5) is 23.3. The number of carbonyl (C=O) groups is 2. The molecule has 2 heterocycles. The Labute approximate surface area is 138 Å². The fraction of sp³-hybridized carbons (Fsp3) is 0.857. The molecule has 0 saturated carbocycles. The molecule has 2 rings (SSSR count). The van der Waals surface area contributed by atoms with Gasteiger partial charge in [0.2, 0.25) is 0 Å². The van der Waals surface area contributed by atoms with E-state index in [2.05, 4.69) is 0 Å². The minimum atomic E-state index is -0.185. The van der Waals surface area contributed by atoms with Gasteiger partial charge in [0.15, 0.2) is 0 Å². The van der Waals surface area contributed by atoms with Crippen LogP contribution in [-0.4, -0.2) is 49.2 Å². The Morgan fingerprint density at radius 3 is 1.68 bits per heavy atom. The van der Waals surface area contributed by atoms with Gasteiger partial charge >= 0.3 is 11.9 Å². The van der Waals surface area contributed by atoms with Crippen molar-refractivity contribution in [3.63, 3.8) is 0 Å². The third kappa shape index (κ3) is 5.04. The number of hydrogen-bond acceptors (Lipinski definition) is 8. The van der Waals surface area contributed by atoms with Crippen LogP contribution in [0.2, 0.25) is 0 Å². The van der Waals surface area contributed by atoms with Gasteiger partial charge in [0, 0.05) is 0 Å². The first kappa shape index (κ1) is 17.9. The Kier molecular flexibility index (Phi) is 7.33. The normalized spacial score (nSPS) is 31.2. The maximum absolute atomic E-state index is 11.6. The van der Waals surface area contributed by atoms with Crippen molar-refractivity contribution in [3.8, 4) is 0 Å². The Morgan fingerprint density at radius 2 is 1.32 bits per heavy atom. The summed E-state index contributed by atoms with van der Waals surface area (Å²) in [5.74, 6) is -0.713. The lowest BCUT2D eigenvalue weighted by molar-refractivity contribution is -0.148. The smallest absolute Gasteiger partial charge is 0.311 e. The minimum Gasteiger partial charge on any atom is -0.466 e. The molecule has 2 saturated heterocycles. The first-order chi connectivity index (χ1) is 10.6. The molecular weight excluding hydrogens is 328 g/mol. The molecule has 2 aliphatic heterocycles. The van der Waals surface area contributed by atoms with E-state index in [-0.39, 0.29) is 34.6 Å². The second-order valence-corrected chi connectivity index (χ2v) is 7.68. The van der Waals surface area contributed by atoms with Crippen molar-refractivity contribution in [2.24, 2.45) is 11.8 Å². The molecule has 8 heteroatoms. The SMILES string of the molecule is CCOC(=O)C1COC(SSC2CC(C(=O)OCC)CO2)C1. The van der Waals surface area contributed by atoms with E-state index in [1.54, 1.807) is 35.4 Å². The van der Waals surface area contributed by atoms with Gasteiger partial charge in [0.05, 0.1) is 38.3 Å². The second kappa shape index (κ2) is 9.00. The molecule has 0 aromatic heterocycles. The highest BCUT2D eigenvalue weighted by Gasteiger charge is 2.36. The molecule has 0 radical (unpaired) electrons. The van der Waals surface area contributed by atoms with E-state index < -0.39 is 0 Å². The van der Waals surface area contributed by atoms with E-state index in [9.17, 15) is 9.59 Å². The van der Waals surface area contributed by atoms with Crippen molar-refractivity contribution in [2.45, 2.75) is 37.6 Å². The van der Waals surface area contributed by atoms with Gasteiger partial charge in [-0.1, -0.05) is 21.6 Å². The summed E-state index contributed by atoms with van der Waals surface area (Å²) in [5, 5.41) is 0. The summed E-state index contributed by atoms with van der Waals surface area (Å²) in [5.41, 5.74) is -0.0747. The van der Waals surface area contributed by atoms with Crippen molar-refractivity contribution in [3.05, 3.63) is 0 Å². The molecule has 0 spiro atoms. The summed E-state index contributed by atoms with van der Waals surface area (Å²) < 4.78 is 21.2. The molecule has 4 atom stereocenters. The minimum absolute atomic E-state index is 0.0374. The van der Waals surface area contributed by atoms with Gasteiger partial charge in [-0.25, -0.2) is 0 Å². The molecule has 0 bridgehead atoms. The van der Waals surface area contributed by atoms with E-state index >= 15 is 0 Å². The van der Waals surface area contributed by atoms with Crippen LogP contribution in [0, 0.1) is 11.8 Å². The Balaban J connectivity index is 1.65. The van der Waals surface area contributed by atoms with E-state index in [1.165, 1.54) is 0 Å². The number of rotatable bonds is 7. The van der Waals surface area contributed by atoms with Crippen LogP contribution in [0.3, 0.4) is 0 Å². The molecule has 22 heavy (non-hydrogen) atoms. The van der Waals surface area contributed by atoms with Crippen LogP contribution < -0.4 is 0 Å². The fourth-order valence-electron chi connectivity index (χ4n) is 2.29. The van der Waals surface area contributed by atoms with E-state index in [4.69, 9.17) is 18.9 Å². The summed E-state index contributed by atoms with van der Waals surface area (Å²) >= 11 is 0. The largest absolute Gasteiger partial charge is 0.466 e. The Bertz CT molecular complexity index is 356. The average molecular weight is 350 g/mol. The number of ether oxygens (including phenoxy) is 4. The molecule has 0 aliphatic carbocycles. The molecule has 4 unspecified atom stereocenters. The monoisotopic (exact) mass is 350 g/mol. The maximum atomic E-state index is 11.6. The van der Waals surface area contributed by atoms with Crippen LogP contribution in [0.1, 0.15) is 26.7 Å². The lowest BCUT2D eigenvalue weighted by Gasteiger charge is -2.12. The summed E-state index contributed by atoms with van der Waals surface area (Å²) in [7, 11) is 3.11. The molecular formula is C14H22O6S2. The molecule has 2 aliphatic rings. The highest BCUT2D eigenvalue weighted by Crippen LogP contribution is 2.42. The van der Waals surface area contributed by atoms with Crippen LogP contribution in [0.15, 0.2) is 0 Å². The number of esters is 2. The van der Waals surface area contributed by atoms with Crippen LogP contribution >= 0.6 is 21.6 Å². The molecule has 0 amide bonds. The van der Waals surface area contributed by atoms with Crippen molar-refractivity contribution >= 4 is 33.5 Å². The predicted molar refractivity (Wildman–Crippen MR) is 84.1 cm³/mol. The van der Waals surface area contributed by atoms with Crippen LogP contribution in [-0.2, 0) is 28.5 Å². The molecule has 2 fully saturated rings. The Morgan fingerprint density at radius 1 is 0.909 bits per heavy atom. The van der Waals surface area contributed by atoms with Crippen LogP contribution in [0.5, 0.6) is 0 Å². The average Bonchev–Trinajstić information content (AvgIpc) is 3.15. The maximum Gasteiger partial charge on any atom is 0.311 e. The third-order valence-electron chi connectivity index (χ3n) is 3.43. The molecule has 0 N–H and O–H groups in total. The molecule has 6 nitrogen and oxygen atoms in total. The first-order valence-corrected chi connectivity index (χ1v) is 9.80. The Hall–Kier alpha value is -0.440. The third-order valence-corrected chi connectivity index (χ3v) is 6.25. The van der Waals surface area contributed by atoms with Gasteiger partial charge < -0.3 is 18.9 Å². The van der Waals surface area contributed by atoms with Crippen molar-refractivity contribution in [2.75, 3.05) is 26.4 Å². The highest BCUT2D eigenvalue weighted by atomic mass is 33.1. The fourth-order valence-corrected chi connectivity index (χ4v) is 4.98. The van der Waals surface area contributed by atoms with Crippen molar-refractivity contribution < 1.29 is 28.5 Å². The summed E-state index contributed by atoms with van der Waals surface area (Å²) in [6.07, 6.45) is 1.31. The summed E-state index contributed by atoms with van der Waals surface area (Å²) in [6.45, 7) is 5.21. The van der Waals surface area contributed by atoms with Gasteiger partial charge in [-0.15, -0.1) is 0 Å².